The third-order valence-corrected chi connectivity index (χ3v) is 4.07. The molecule has 0 unspecified atom stereocenters. The van der Waals surface area contributed by atoms with Crippen LogP contribution in [0.25, 0.3) is 0 Å². The minimum absolute atomic E-state index is 0.0186. The lowest BCUT2D eigenvalue weighted by Gasteiger charge is -2.25. The van der Waals surface area contributed by atoms with Crippen molar-refractivity contribution in [3.63, 3.8) is 0 Å². The van der Waals surface area contributed by atoms with Crippen LogP contribution < -0.4 is 10.6 Å². The Balaban J connectivity index is 1.95. The molecule has 1 fully saturated rings. The largest absolute Gasteiger partial charge is 0.344 e. The highest BCUT2D eigenvalue weighted by Crippen LogP contribution is 2.24. The van der Waals surface area contributed by atoms with Crippen molar-refractivity contribution in [1.29, 1.82) is 0 Å². The number of anilines is 1. The molecular formula is C16H26N4O2. The van der Waals surface area contributed by atoms with Gasteiger partial charge < -0.3 is 10.6 Å². The van der Waals surface area contributed by atoms with E-state index in [2.05, 4.69) is 20.8 Å². The Morgan fingerprint density at radius 2 is 2.05 bits per heavy atom. The molecule has 3 N–H and O–H groups in total. The molecule has 6 nitrogen and oxygen atoms in total. The average molecular weight is 306 g/mol. The topological polar surface area (TPSA) is 86.9 Å². The Labute approximate surface area is 131 Å². The summed E-state index contributed by atoms with van der Waals surface area (Å²) in [6, 6.07) is 1.19. The maximum Gasteiger partial charge on any atom is 0.248 e. The molecule has 1 heterocycles. The van der Waals surface area contributed by atoms with Gasteiger partial charge in [0, 0.05) is 12.0 Å². The predicted octanol–water partition coefficient (Wildman–Crippen LogP) is 2.46. The Bertz CT molecular complexity index is 478. The van der Waals surface area contributed by atoms with Gasteiger partial charge in [-0.3, -0.25) is 14.7 Å². The summed E-state index contributed by atoms with van der Waals surface area (Å²) in [5, 5.41) is 12.2. The number of nitrogens with one attached hydrogen (secondary N) is 3. The second-order valence-corrected chi connectivity index (χ2v) is 6.49. The number of carbonyl (C=O) groups excluding carboxylic acids is 2. The van der Waals surface area contributed by atoms with Crippen molar-refractivity contribution in [3.05, 3.63) is 12.3 Å². The van der Waals surface area contributed by atoms with Gasteiger partial charge in [-0.15, -0.1) is 0 Å². The van der Waals surface area contributed by atoms with Crippen LogP contribution in [-0.4, -0.2) is 28.1 Å². The fourth-order valence-corrected chi connectivity index (χ4v) is 2.90. The molecule has 0 bridgehead atoms. The SMILES string of the molecule is CC(C)C[C@H](NC(=O)C1CCCCC1)C(=O)Nc1ccn[nH]1. The minimum Gasteiger partial charge on any atom is -0.344 e. The van der Waals surface area contributed by atoms with Crippen LogP contribution in [0.5, 0.6) is 0 Å². The third-order valence-electron chi connectivity index (χ3n) is 4.07. The number of aromatic amines is 1. The van der Waals surface area contributed by atoms with Crippen LogP contribution in [0.15, 0.2) is 12.3 Å². The van der Waals surface area contributed by atoms with Gasteiger partial charge in [0.1, 0.15) is 11.9 Å². The van der Waals surface area contributed by atoms with Gasteiger partial charge in [0.25, 0.3) is 0 Å². The van der Waals surface area contributed by atoms with Crippen molar-refractivity contribution in [3.8, 4) is 0 Å². The lowest BCUT2D eigenvalue weighted by Crippen LogP contribution is -2.47. The van der Waals surface area contributed by atoms with Gasteiger partial charge in [0.05, 0.1) is 6.20 Å². The summed E-state index contributed by atoms with van der Waals surface area (Å²) >= 11 is 0. The molecule has 0 aromatic carbocycles. The van der Waals surface area contributed by atoms with Crippen molar-refractivity contribution >= 4 is 17.6 Å². The number of hydrogen-bond acceptors (Lipinski definition) is 3. The van der Waals surface area contributed by atoms with Crippen molar-refractivity contribution in [2.24, 2.45) is 11.8 Å². The highest BCUT2D eigenvalue weighted by molar-refractivity contribution is 5.96. The summed E-state index contributed by atoms with van der Waals surface area (Å²) in [5.41, 5.74) is 0. The van der Waals surface area contributed by atoms with E-state index in [1.165, 1.54) is 6.42 Å². The molecule has 2 amide bonds. The summed E-state index contributed by atoms with van der Waals surface area (Å²) in [4.78, 5) is 24.8. The molecule has 0 aliphatic heterocycles. The molecule has 1 aromatic rings. The first-order valence-corrected chi connectivity index (χ1v) is 8.17. The zero-order valence-corrected chi connectivity index (χ0v) is 13.4. The van der Waals surface area contributed by atoms with Crippen molar-refractivity contribution in [1.82, 2.24) is 15.5 Å². The number of amides is 2. The van der Waals surface area contributed by atoms with Crippen molar-refractivity contribution in [2.45, 2.75) is 58.4 Å². The lowest BCUT2D eigenvalue weighted by atomic mass is 9.88. The van der Waals surface area contributed by atoms with Gasteiger partial charge >= 0.3 is 0 Å². The molecule has 122 valence electrons. The van der Waals surface area contributed by atoms with Crippen LogP contribution in [0.2, 0.25) is 0 Å². The van der Waals surface area contributed by atoms with Gasteiger partial charge in [0.15, 0.2) is 0 Å². The molecule has 1 aliphatic carbocycles. The summed E-state index contributed by atoms with van der Waals surface area (Å²) in [6.07, 6.45) is 7.48. The van der Waals surface area contributed by atoms with Crippen LogP contribution >= 0.6 is 0 Å². The maximum absolute atomic E-state index is 12.4. The first kappa shape index (κ1) is 16.5. The molecule has 0 spiro atoms. The molecule has 22 heavy (non-hydrogen) atoms. The van der Waals surface area contributed by atoms with E-state index in [0.717, 1.165) is 25.7 Å². The van der Waals surface area contributed by atoms with Crippen LogP contribution in [0.1, 0.15) is 52.4 Å². The first-order chi connectivity index (χ1) is 10.6. The van der Waals surface area contributed by atoms with Crippen LogP contribution in [0, 0.1) is 11.8 Å². The standard InChI is InChI=1S/C16H26N4O2/c1-11(2)10-13(16(22)19-14-8-9-17-20-14)18-15(21)12-6-4-3-5-7-12/h8-9,11-13H,3-7,10H2,1-2H3,(H,18,21)(H2,17,19,20,22)/t13-/m0/s1. The Morgan fingerprint density at radius 1 is 1.32 bits per heavy atom. The summed E-state index contributed by atoms with van der Waals surface area (Å²) in [6.45, 7) is 4.09. The van der Waals surface area contributed by atoms with Gasteiger partial charge in [-0.25, -0.2) is 0 Å². The third kappa shape index (κ3) is 4.86. The fourth-order valence-electron chi connectivity index (χ4n) is 2.90. The Morgan fingerprint density at radius 3 is 2.64 bits per heavy atom. The quantitative estimate of drug-likeness (QED) is 0.754. The number of H-pyrrole nitrogens is 1. The van der Waals surface area contributed by atoms with Gasteiger partial charge in [-0.1, -0.05) is 33.1 Å². The van der Waals surface area contributed by atoms with Crippen LogP contribution in [-0.2, 0) is 9.59 Å². The van der Waals surface area contributed by atoms with Crippen LogP contribution in [0.3, 0.4) is 0 Å². The Kier molecular flexibility index (Phi) is 5.98. The molecule has 1 saturated carbocycles. The van der Waals surface area contributed by atoms with Gasteiger partial charge in [-0.2, -0.15) is 5.10 Å². The highest BCUT2D eigenvalue weighted by Gasteiger charge is 2.27. The molecule has 6 heteroatoms. The highest BCUT2D eigenvalue weighted by atomic mass is 16.2. The fraction of sp³-hybridized carbons (Fsp3) is 0.688. The monoisotopic (exact) mass is 306 g/mol. The van der Waals surface area contributed by atoms with E-state index in [9.17, 15) is 9.59 Å². The number of carbonyl (C=O) groups is 2. The molecule has 2 rings (SSSR count). The summed E-state index contributed by atoms with van der Waals surface area (Å²) in [5.74, 6) is 0.755. The Hall–Kier alpha value is -1.85. The minimum atomic E-state index is -0.502. The zero-order chi connectivity index (χ0) is 15.9. The van der Waals surface area contributed by atoms with Gasteiger partial charge in [0.2, 0.25) is 11.8 Å². The molecule has 0 saturated heterocycles. The first-order valence-electron chi connectivity index (χ1n) is 8.17. The van der Waals surface area contributed by atoms with E-state index in [1.807, 2.05) is 13.8 Å². The van der Waals surface area contributed by atoms with Gasteiger partial charge in [-0.05, 0) is 25.2 Å². The van der Waals surface area contributed by atoms with E-state index in [1.54, 1.807) is 12.3 Å². The van der Waals surface area contributed by atoms with Crippen molar-refractivity contribution < 1.29 is 9.59 Å². The molecule has 1 aromatic heterocycles. The van der Waals surface area contributed by atoms with Crippen LogP contribution in [0.4, 0.5) is 5.82 Å². The maximum atomic E-state index is 12.4. The smallest absolute Gasteiger partial charge is 0.248 e. The van der Waals surface area contributed by atoms with Crippen molar-refractivity contribution in [2.75, 3.05) is 5.32 Å². The van der Waals surface area contributed by atoms with E-state index in [0.29, 0.717) is 18.2 Å². The second-order valence-electron chi connectivity index (χ2n) is 6.49. The number of hydrogen-bond donors (Lipinski definition) is 3. The number of nitrogens with zero attached hydrogens (tertiary/aromatic N) is 1. The number of rotatable bonds is 6. The predicted molar refractivity (Wildman–Crippen MR) is 85.2 cm³/mol. The normalized spacial score (nSPS) is 17.2. The van der Waals surface area contributed by atoms with E-state index >= 15 is 0 Å². The second kappa shape index (κ2) is 7.96. The average Bonchev–Trinajstić information content (AvgIpc) is 2.99. The van der Waals surface area contributed by atoms with E-state index in [-0.39, 0.29) is 17.7 Å². The molecule has 1 atom stereocenters. The molecule has 1 aliphatic rings. The van der Waals surface area contributed by atoms with E-state index < -0.39 is 6.04 Å². The van der Waals surface area contributed by atoms with E-state index in [4.69, 9.17) is 0 Å². The molecule has 0 radical (unpaired) electrons. The summed E-state index contributed by atoms with van der Waals surface area (Å²) < 4.78 is 0. The number of aromatic nitrogens is 2. The lowest BCUT2D eigenvalue weighted by molar-refractivity contribution is -0.130. The zero-order valence-electron chi connectivity index (χ0n) is 13.4. The molecular weight excluding hydrogens is 280 g/mol. The summed E-state index contributed by atoms with van der Waals surface area (Å²) in [7, 11) is 0.